The van der Waals surface area contributed by atoms with E-state index in [4.69, 9.17) is 5.11 Å². The molecule has 0 atom stereocenters. The zero-order valence-corrected chi connectivity index (χ0v) is 10.6. The number of anilines is 1. The van der Waals surface area contributed by atoms with Crippen LogP contribution in [0.25, 0.3) is 0 Å². The largest absolute Gasteiger partial charge is 0.478 e. The fourth-order valence-electron chi connectivity index (χ4n) is 1.75. The number of para-hydroxylation sites is 1. The number of halogens is 1. The number of aromatic nitrogens is 1. The fourth-order valence-corrected chi connectivity index (χ4v) is 1.75. The van der Waals surface area contributed by atoms with E-state index in [2.05, 4.69) is 10.3 Å². The lowest BCUT2D eigenvalue weighted by atomic mass is 10.2. The molecule has 2 rings (SSSR count). The molecule has 2 N–H and O–H groups in total. The van der Waals surface area contributed by atoms with Gasteiger partial charge in [0, 0.05) is 24.4 Å². The minimum atomic E-state index is -1.41. The summed E-state index contributed by atoms with van der Waals surface area (Å²) < 4.78 is 13.8. The number of carboxylic acids is 1. The molecule has 1 aromatic heterocycles. The van der Waals surface area contributed by atoms with Crippen LogP contribution in [0.2, 0.25) is 0 Å². The molecule has 8 heteroatoms. The molecule has 0 amide bonds. The van der Waals surface area contributed by atoms with Crippen LogP contribution in [0.5, 0.6) is 0 Å². The van der Waals surface area contributed by atoms with E-state index < -0.39 is 22.3 Å². The molecule has 0 saturated carbocycles. The third-order valence-electron chi connectivity index (χ3n) is 2.75. The summed E-state index contributed by atoms with van der Waals surface area (Å²) in [6.07, 6.45) is 1.15. The van der Waals surface area contributed by atoms with Crippen molar-refractivity contribution < 1.29 is 19.2 Å². The van der Waals surface area contributed by atoms with E-state index in [1.54, 1.807) is 6.07 Å². The minimum absolute atomic E-state index is 0.0514. The summed E-state index contributed by atoms with van der Waals surface area (Å²) in [5.41, 5.74) is -0.292. The lowest BCUT2D eigenvalue weighted by Gasteiger charge is -2.08. The van der Waals surface area contributed by atoms with Crippen molar-refractivity contribution in [2.45, 2.75) is 6.54 Å². The maximum atomic E-state index is 13.8. The van der Waals surface area contributed by atoms with Gasteiger partial charge in [-0.25, -0.2) is 14.2 Å². The van der Waals surface area contributed by atoms with Crippen LogP contribution < -0.4 is 5.32 Å². The molecule has 0 unspecified atom stereocenters. The van der Waals surface area contributed by atoms with Crippen molar-refractivity contribution in [3.8, 4) is 0 Å². The number of benzene rings is 1. The van der Waals surface area contributed by atoms with Crippen molar-refractivity contribution in [3.63, 3.8) is 0 Å². The molecule has 0 spiro atoms. The van der Waals surface area contributed by atoms with Crippen LogP contribution >= 0.6 is 0 Å². The van der Waals surface area contributed by atoms with E-state index in [0.717, 1.165) is 12.3 Å². The van der Waals surface area contributed by atoms with Crippen molar-refractivity contribution in [1.82, 2.24) is 4.98 Å². The van der Waals surface area contributed by atoms with Crippen molar-refractivity contribution in [1.29, 1.82) is 0 Å². The molecule has 0 aliphatic heterocycles. The molecule has 0 bridgehead atoms. The normalized spacial score (nSPS) is 10.1. The van der Waals surface area contributed by atoms with Gasteiger partial charge < -0.3 is 10.4 Å². The Bertz CT molecular complexity index is 706. The first-order chi connectivity index (χ1) is 10.0. The number of rotatable bonds is 5. The van der Waals surface area contributed by atoms with Gasteiger partial charge in [-0.2, -0.15) is 0 Å². The molecule has 21 heavy (non-hydrogen) atoms. The van der Waals surface area contributed by atoms with Gasteiger partial charge >= 0.3 is 5.97 Å². The molecule has 0 aliphatic carbocycles. The van der Waals surface area contributed by atoms with Gasteiger partial charge in [-0.1, -0.05) is 18.2 Å². The van der Waals surface area contributed by atoms with Gasteiger partial charge in [-0.3, -0.25) is 10.1 Å². The number of hydrogen-bond donors (Lipinski definition) is 2. The van der Waals surface area contributed by atoms with Gasteiger partial charge in [0.1, 0.15) is 5.56 Å². The number of nitro groups is 1. The fraction of sp³-hybridized carbons (Fsp3) is 0.0769. The van der Waals surface area contributed by atoms with Gasteiger partial charge in [-0.15, -0.1) is 0 Å². The Balaban J connectivity index is 2.23. The van der Waals surface area contributed by atoms with Crippen LogP contribution in [-0.4, -0.2) is 21.0 Å². The predicted molar refractivity (Wildman–Crippen MR) is 71.6 cm³/mol. The molecular formula is C13H10FN3O4. The Hall–Kier alpha value is -3.03. The van der Waals surface area contributed by atoms with Crippen molar-refractivity contribution in [2.24, 2.45) is 0 Å². The monoisotopic (exact) mass is 291 g/mol. The Morgan fingerprint density at radius 1 is 1.38 bits per heavy atom. The van der Waals surface area contributed by atoms with Crippen LogP contribution in [0.1, 0.15) is 15.9 Å². The lowest BCUT2D eigenvalue weighted by Crippen LogP contribution is -2.09. The number of pyridine rings is 1. The summed E-state index contributed by atoms with van der Waals surface area (Å²) in [7, 11) is 0. The van der Waals surface area contributed by atoms with E-state index in [-0.39, 0.29) is 18.1 Å². The molecule has 0 saturated heterocycles. The first-order valence-electron chi connectivity index (χ1n) is 5.84. The summed E-state index contributed by atoms with van der Waals surface area (Å²) in [4.78, 5) is 24.8. The van der Waals surface area contributed by atoms with E-state index in [1.807, 2.05) is 0 Å². The van der Waals surface area contributed by atoms with Gasteiger partial charge in [0.2, 0.25) is 0 Å². The molecule has 2 aromatic rings. The van der Waals surface area contributed by atoms with Gasteiger partial charge in [0.15, 0.2) is 11.6 Å². The van der Waals surface area contributed by atoms with Crippen LogP contribution in [0.4, 0.5) is 15.9 Å². The van der Waals surface area contributed by atoms with Gasteiger partial charge in [-0.05, 0) is 6.07 Å². The molecule has 1 heterocycles. The lowest BCUT2D eigenvalue weighted by molar-refractivity contribution is -0.385. The second-order valence-electron chi connectivity index (χ2n) is 4.07. The van der Waals surface area contributed by atoms with Crippen molar-refractivity contribution >= 4 is 17.5 Å². The number of carboxylic acid groups (broad SMARTS) is 1. The number of carbonyl (C=O) groups is 1. The molecule has 1 aromatic carbocycles. The van der Waals surface area contributed by atoms with Crippen LogP contribution in [0.3, 0.4) is 0 Å². The standard InChI is InChI=1S/C13H10FN3O4/c14-11-9(13(18)19)5-6-15-12(11)16-7-8-3-1-2-4-10(8)17(20)21/h1-6H,7H2,(H,15,16)(H,18,19). The number of aromatic carboxylic acids is 1. The number of nitrogens with one attached hydrogen (secondary N) is 1. The molecule has 108 valence electrons. The average molecular weight is 291 g/mol. The highest BCUT2D eigenvalue weighted by molar-refractivity contribution is 5.88. The highest BCUT2D eigenvalue weighted by atomic mass is 19.1. The Kier molecular flexibility index (Phi) is 4.07. The maximum Gasteiger partial charge on any atom is 0.338 e. The first kappa shape index (κ1) is 14.4. The van der Waals surface area contributed by atoms with Crippen LogP contribution in [0, 0.1) is 15.9 Å². The first-order valence-corrected chi connectivity index (χ1v) is 5.84. The van der Waals surface area contributed by atoms with Crippen molar-refractivity contribution in [2.75, 3.05) is 5.32 Å². The zero-order chi connectivity index (χ0) is 15.4. The van der Waals surface area contributed by atoms with Crippen LogP contribution in [0.15, 0.2) is 36.5 Å². The summed E-state index contributed by atoms with van der Waals surface area (Å²) >= 11 is 0. The average Bonchev–Trinajstić information content (AvgIpc) is 2.46. The van der Waals surface area contributed by atoms with Crippen LogP contribution in [-0.2, 0) is 6.54 Å². The second kappa shape index (κ2) is 5.95. The Labute approximate surface area is 118 Å². The highest BCUT2D eigenvalue weighted by Crippen LogP contribution is 2.20. The smallest absolute Gasteiger partial charge is 0.338 e. The van der Waals surface area contributed by atoms with E-state index in [1.165, 1.54) is 18.2 Å². The van der Waals surface area contributed by atoms with Gasteiger partial charge in [0.25, 0.3) is 5.69 Å². The Morgan fingerprint density at radius 3 is 2.76 bits per heavy atom. The summed E-state index contributed by atoms with van der Waals surface area (Å²) in [6.45, 7) is -0.0514. The van der Waals surface area contributed by atoms with E-state index in [9.17, 15) is 19.3 Å². The number of nitro benzene ring substituents is 1. The number of nitrogens with zero attached hydrogens (tertiary/aromatic N) is 2. The van der Waals surface area contributed by atoms with Gasteiger partial charge in [0.05, 0.1) is 4.92 Å². The Morgan fingerprint density at radius 2 is 2.10 bits per heavy atom. The molecule has 7 nitrogen and oxygen atoms in total. The summed E-state index contributed by atoms with van der Waals surface area (Å²) in [6, 6.07) is 7.01. The zero-order valence-electron chi connectivity index (χ0n) is 10.6. The topological polar surface area (TPSA) is 105 Å². The third-order valence-corrected chi connectivity index (χ3v) is 2.75. The number of hydrogen-bond acceptors (Lipinski definition) is 5. The molecule has 0 fully saturated rings. The molecular weight excluding hydrogens is 281 g/mol. The minimum Gasteiger partial charge on any atom is -0.478 e. The molecule has 0 radical (unpaired) electrons. The highest BCUT2D eigenvalue weighted by Gasteiger charge is 2.16. The predicted octanol–water partition coefficient (Wildman–Crippen LogP) is 2.44. The third kappa shape index (κ3) is 3.11. The molecule has 0 aliphatic rings. The quantitative estimate of drug-likeness (QED) is 0.647. The van der Waals surface area contributed by atoms with Crippen molar-refractivity contribution in [3.05, 3.63) is 63.6 Å². The van der Waals surface area contributed by atoms with E-state index in [0.29, 0.717) is 5.56 Å². The SMILES string of the molecule is O=C(O)c1ccnc(NCc2ccccc2[N+](=O)[O-])c1F. The summed E-state index contributed by atoms with van der Waals surface area (Å²) in [5.74, 6) is -2.69. The second-order valence-corrected chi connectivity index (χ2v) is 4.07. The summed E-state index contributed by atoms with van der Waals surface area (Å²) in [5, 5.41) is 22.2. The maximum absolute atomic E-state index is 13.8. The van der Waals surface area contributed by atoms with E-state index >= 15 is 0 Å².